The van der Waals surface area contributed by atoms with Gasteiger partial charge in [0.2, 0.25) is 0 Å². The summed E-state index contributed by atoms with van der Waals surface area (Å²) in [5.74, 6) is 0. The van der Waals surface area contributed by atoms with Crippen LogP contribution in [0.25, 0.3) is 0 Å². The molecule has 4 heteroatoms. The fourth-order valence-electron chi connectivity index (χ4n) is 1.85. The maximum atomic E-state index is 8.95. The third-order valence-corrected chi connectivity index (χ3v) is 3.17. The molecule has 1 saturated carbocycles. The molecule has 4 nitrogen and oxygen atoms in total. The third-order valence-electron chi connectivity index (χ3n) is 3.17. The Labute approximate surface area is 94.9 Å². The van der Waals surface area contributed by atoms with Crippen LogP contribution in [-0.4, -0.2) is 23.2 Å². The van der Waals surface area contributed by atoms with Crippen molar-refractivity contribution < 1.29 is 5.11 Å². The molecule has 0 aliphatic heterocycles. The van der Waals surface area contributed by atoms with Gasteiger partial charge in [-0.05, 0) is 36.8 Å². The fraction of sp³-hybridized carbons (Fsp3) is 0.500. The molecule has 0 spiro atoms. The van der Waals surface area contributed by atoms with Gasteiger partial charge in [0.25, 0.3) is 0 Å². The van der Waals surface area contributed by atoms with E-state index in [0.717, 1.165) is 31.5 Å². The molecule has 1 aliphatic carbocycles. The molecule has 1 aliphatic rings. The van der Waals surface area contributed by atoms with E-state index in [9.17, 15) is 0 Å². The smallest absolute Gasteiger partial charge is 0.163 e. The highest BCUT2D eigenvalue weighted by molar-refractivity contribution is 5.53. The number of hydrogen-bond acceptors (Lipinski definition) is 4. The number of anilines is 1. The first-order chi connectivity index (χ1) is 7.79. The number of pyridine rings is 1. The number of rotatable bonds is 5. The van der Waals surface area contributed by atoms with E-state index in [1.54, 1.807) is 6.20 Å². The Kier molecular flexibility index (Phi) is 3.07. The van der Waals surface area contributed by atoms with Crippen LogP contribution in [0.2, 0.25) is 0 Å². The SMILES string of the molecule is N#Cc1ncccc1NCC1(CCO)CC1. The van der Waals surface area contributed by atoms with Gasteiger partial charge in [0.15, 0.2) is 5.69 Å². The molecule has 84 valence electrons. The second-order valence-corrected chi connectivity index (χ2v) is 4.34. The van der Waals surface area contributed by atoms with Gasteiger partial charge in [0.1, 0.15) is 6.07 Å². The van der Waals surface area contributed by atoms with E-state index in [0.29, 0.717) is 5.69 Å². The summed E-state index contributed by atoms with van der Waals surface area (Å²) < 4.78 is 0. The molecular formula is C12H15N3O. The second-order valence-electron chi connectivity index (χ2n) is 4.34. The lowest BCUT2D eigenvalue weighted by molar-refractivity contribution is 0.253. The molecule has 2 rings (SSSR count). The first kappa shape index (κ1) is 10.9. The molecule has 1 heterocycles. The van der Waals surface area contributed by atoms with Crippen molar-refractivity contribution in [2.24, 2.45) is 5.41 Å². The van der Waals surface area contributed by atoms with Crippen LogP contribution < -0.4 is 5.32 Å². The number of hydrogen-bond donors (Lipinski definition) is 2. The molecule has 0 radical (unpaired) electrons. The van der Waals surface area contributed by atoms with Gasteiger partial charge >= 0.3 is 0 Å². The minimum absolute atomic E-state index is 0.236. The van der Waals surface area contributed by atoms with Gasteiger partial charge in [0.05, 0.1) is 5.69 Å². The van der Waals surface area contributed by atoms with E-state index >= 15 is 0 Å². The fourth-order valence-corrected chi connectivity index (χ4v) is 1.85. The average molecular weight is 217 g/mol. The molecule has 0 amide bonds. The summed E-state index contributed by atoms with van der Waals surface area (Å²) in [6.07, 6.45) is 4.76. The number of aliphatic hydroxyl groups excluding tert-OH is 1. The minimum Gasteiger partial charge on any atom is -0.396 e. The van der Waals surface area contributed by atoms with Gasteiger partial charge < -0.3 is 10.4 Å². The molecule has 0 unspecified atom stereocenters. The molecule has 1 fully saturated rings. The average Bonchev–Trinajstić information content (AvgIpc) is 3.08. The highest BCUT2D eigenvalue weighted by Crippen LogP contribution is 2.48. The van der Waals surface area contributed by atoms with Crippen LogP contribution in [0.5, 0.6) is 0 Å². The Bertz CT molecular complexity index is 407. The summed E-state index contributed by atoms with van der Waals surface area (Å²) in [7, 11) is 0. The molecule has 0 bridgehead atoms. The van der Waals surface area contributed by atoms with Gasteiger partial charge in [-0.25, -0.2) is 4.98 Å². The lowest BCUT2D eigenvalue weighted by atomic mass is 10.0. The van der Waals surface area contributed by atoms with E-state index in [1.165, 1.54) is 0 Å². The van der Waals surface area contributed by atoms with E-state index < -0.39 is 0 Å². The van der Waals surface area contributed by atoms with Crippen molar-refractivity contribution in [1.29, 1.82) is 5.26 Å². The van der Waals surface area contributed by atoms with E-state index in [-0.39, 0.29) is 12.0 Å². The van der Waals surface area contributed by atoms with Crippen molar-refractivity contribution in [2.75, 3.05) is 18.5 Å². The molecule has 16 heavy (non-hydrogen) atoms. The summed E-state index contributed by atoms with van der Waals surface area (Å²) in [4.78, 5) is 3.99. The third kappa shape index (κ3) is 2.31. The predicted molar refractivity (Wildman–Crippen MR) is 60.8 cm³/mol. The minimum atomic E-state index is 0.236. The van der Waals surface area contributed by atoms with Crippen LogP contribution in [0, 0.1) is 16.7 Å². The van der Waals surface area contributed by atoms with Gasteiger partial charge in [0, 0.05) is 19.3 Å². The predicted octanol–water partition coefficient (Wildman–Crippen LogP) is 1.53. The Morgan fingerprint density at radius 3 is 3.00 bits per heavy atom. The lowest BCUT2D eigenvalue weighted by Crippen LogP contribution is -2.17. The summed E-state index contributed by atoms with van der Waals surface area (Å²) in [5.41, 5.74) is 1.47. The topological polar surface area (TPSA) is 68.9 Å². The zero-order valence-corrected chi connectivity index (χ0v) is 9.11. The summed E-state index contributed by atoms with van der Waals surface area (Å²) in [6.45, 7) is 1.05. The first-order valence-corrected chi connectivity index (χ1v) is 5.49. The van der Waals surface area contributed by atoms with Crippen LogP contribution in [-0.2, 0) is 0 Å². The monoisotopic (exact) mass is 217 g/mol. The van der Waals surface area contributed by atoms with Crippen LogP contribution in [0.15, 0.2) is 18.3 Å². The van der Waals surface area contributed by atoms with Crippen molar-refractivity contribution in [3.8, 4) is 6.07 Å². The number of nitriles is 1. The number of aliphatic hydroxyl groups is 1. The van der Waals surface area contributed by atoms with Gasteiger partial charge in [-0.1, -0.05) is 0 Å². The Hall–Kier alpha value is -1.60. The largest absolute Gasteiger partial charge is 0.396 e. The highest BCUT2D eigenvalue weighted by Gasteiger charge is 2.41. The zero-order chi connectivity index (χ0) is 11.4. The zero-order valence-electron chi connectivity index (χ0n) is 9.11. The van der Waals surface area contributed by atoms with Crippen molar-refractivity contribution in [3.05, 3.63) is 24.0 Å². The van der Waals surface area contributed by atoms with Crippen molar-refractivity contribution in [2.45, 2.75) is 19.3 Å². The van der Waals surface area contributed by atoms with Gasteiger partial charge in [-0.15, -0.1) is 0 Å². The second kappa shape index (κ2) is 4.50. The van der Waals surface area contributed by atoms with Crippen LogP contribution >= 0.6 is 0 Å². The van der Waals surface area contributed by atoms with Crippen LogP contribution in [0.3, 0.4) is 0 Å². The number of nitrogens with one attached hydrogen (secondary N) is 1. The Morgan fingerprint density at radius 2 is 2.38 bits per heavy atom. The molecule has 1 aromatic rings. The van der Waals surface area contributed by atoms with Gasteiger partial charge in [-0.3, -0.25) is 0 Å². The van der Waals surface area contributed by atoms with E-state index in [2.05, 4.69) is 16.4 Å². The molecule has 0 aromatic carbocycles. The van der Waals surface area contributed by atoms with E-state index in [1.807, 2.05) is 12.1 Å². The maximum Gasteiger partial charge on any atom is 0.163 e. The Balaban J connectivity index is 1.97. The van der Waals surface area contributed by atoms with Crippen molar-refractivity contribution >= 4 is 5.69 Å². The quantitative estimate of drug-likeness (QED) is 0.784. The summed E-state index contributed by atoms with van der Waals surface area (Å²) >= 11 is 0. The molecule has 2 N–H and O–H groups in total. The highest BCUT2D eigenvalue weighted by atomic mass is 16.3. The molecular weight excluding hydrogens is 202 g/mol. The Morgan fingerprint density at radius 1 is 1.56 bits per heavy atom. The normalized spacial score (nSPS) is 16.5. The van der Waals surface area contributed by atoms with Crippen molar-refractivity contribution in [3.63, 3.8) is 0 Å². The lowest BCUT2D eigenvalue weighted by Gasteiger charge is -2.15. The maximum absolute atomic E-state index is 8.95. The standard InChI is InChI=1S/C12H15N3O/c13-8-11-10(2-1-6-14-11)15-9-12(3-4-12)5-7-16/h1-2,6,15-16H,3-5,7,9H2. The van der Waals surface area contributed by atoms with Crippen LogP contribution in [0.4, 0.5) is 5.69 Å². The van der Waals surface area contributed by atoms with E-state index in [4.69, 9.17) is 10.4 Å². The number of nitrogens with zero attached hydrogens (tertiary/aromatic N) is 2. The summed E-state index contributed by atoms with van der Waals surface area (Å²) in [6, 6.07) is 5.74. The molecule has 0 atom stereocenters. The van der Waals surface area contributed by atoms with Crippen molar-refractivity contribution in [1.82, 2.24) is 4.98 Å². The first-order valence-electron chi connectivity index (χ1n) is 5.49. The number of aromatic nitrogens is 1. The molecule has 1 aromatic heterocycles. The molecule has 0 saturated heterocycles. The van der Waals surface area contributed by atoms with Gasteiger partial charge in [-0.2, -0.15) is 5.26 Å². The summed E-state index contributed by atoms with van der Waals surface area (Å²) in [5, 5.41) is 21.1. The van der Waals surface area contributed by atoms with Crippen LogP contribution in [0.1, 0.15) is 25.0 Å².